The molecule has 0 saturated heterocycles. The Bertz CT molecular complexity index is 960. The van der Waals surface area contributed by atoms with Crippen molar-refractivity contribution < 1.29 is 9.53 Å². The number of anilines is 1. The molecule has 0 atom stereocenters. The number of rotatable bonds is 6. The van der Waals surface area contributed by atoms with Crippen molar-refractivity contribution >= 4 is 35.0 Å². The number of hydrogen-bond donors (Lipinski definition) is 2. The average Bonchev–Trinajstić information content (AvgIpc) is 3.04. The van der Waals surface area contributed by atoms with E-state index in [1.54, 1.807) is 18.3 Å². The number of nitrogen functional groups attached to an aromatic ring is 1. The molecule has 2 aromatic carbocycles. The first-order chi connectivity index (χ1) is 13.0. The first-order valence-electron chi connectivity index (χ1n) is 8.14. The van der Waals surface area contributed by atoms with Crippen LogP contribution in [0, 0.1) is 6.92 Å². The molecule has 1 heterocycles. The number of imidazole rings is 1. The lowest BCUT2D eigenvalue weighted by molar-refractivity contribution is -0.113. The summed E-state index contributed by atoms with van der Waals surface area (Å²) >= 11 is 7.35. The first-order valence-corrected chi connectivity index (χ1v) is 9.51. The molecule has 3 rings (SSSR count). The zero-order valence-electron chi connectivity index (χ0n) is 14.9. The Labute approximate surface area is 166 Å². The van der Waals surface area contributed by atoms with Crippen LogP contribution in [0.25, 0.3) is 11.3 Å². The number of halogens is 1. The molecule has 0 aliphatic heterocycles. The highest BCUT2D eigenvalue weighted by atomic mass is 35.5. The number of nitrogens with zero attached hydrogens (tertiary/aromatic N) is 2. The highest BCUT2D eigenvalue weighted by Gasteiger charge is 2.13. The van der Waals surface area contributed by atoms with E-state index >= 15 is 0 Å². The molecule has 1 aromatic heterocycles. The topological polar surface area (TPSA) is 82.2 Å². The molecular formula is C19H19ClN4O2S. The summed E-state index contributed by atoms with van der Waals surface area (Å²) in [4.78, 5) is 16.8. The molecule has 0 unspecified atom stereocenters. The molecule has 3 N–H and O–H groups in total. The molecule has 0 spiro atoms. The zero-order chi connectivity index (χ0) is 19.4. The Kier molecular flexibility index (Phi) is 5.93. The van der Waals surface area contributed by atoms with Gasteiger partial charge in [0, 0.05) is 16.7 Å². The summed E-state index contributed by atoms with van der Waals surface area (Å²) < 4.78 is 6.70. The predicted octanol–water partition coefficient (Wildman–Crippen LogP) is 3.97. The Hall–Kier alpha value is -2.64. The van der Waals surface area contributed by atoms with Crippen LogP contribution in [0.15, 0.2) is 53.8 Å². The monoisotopic (exact) mass is 402 g/mol. The van der Waals surface area contributed by atoms with Crippen LogP contribution in [-0.4, -0.2) is 28.4 Å². The minimum Gasteiger partial charge on any atom is -0.495 e. The van der Waals surface area contributed by atoms with E-state index in [2.05, 4.69) is 10.3 Å². The minimum absolute atomic E-state index is 0.160. The lowest BCUT2D eigenvalue weighted by Crippen LogP contribution is -2.16. The largest absolute Gasteiger partial charge is 0.495 e. The van der Waals surface area contributed by atoms with Gasteiger partial charge in [-0.2, -0.15) is 0 Å². The van der Waals surface area contributed by atoms with E-state index in [4.69, 9.17) is 22.2 Å². The van der Waals surface area contributed by atoms with Gasteiger partial charge in [-0.25, -0.2) is 9.66 Å². The molecule has 140 valence electrons. The van der Waals surface area contributed by atoms with Crippen molar-refractivity contribution in [2.24, 2.45) is 0 Å². The number of carbonyl (C=O) groups excluding carboxylic acids is 1. The van der Waals surface area contributed by atoms with Gasteiger partial charge in [-0.1, -0.05) is 53.7 Å². The fourth-order valence-corrected chi connectivity index (χ4v) is 3.33. The van der Waals surface area contributed by atoms with E-state index in [0.717, 1.165) is 16.8 Å². The van der Waals surface area contributed by atoms with Crippen molar-refractivity contribution in [2.45, 2.75) is 12.1 Å². The molecule has 0 saturated carbocycles. The van der Waals surface area contributed by atoms with Gasteiger partial charge in [0.2, 0.25) is 5.91 Å². The molecule has 27 heavy (non-hydrogen) atoms. The van der Waals surface area contributed by atoms with Gasteiger partial charge in [0.25, 0.3) is 0 Å². The van der Waals surface area contributed by atoms with E-state index < -0.39 is 0 Å². The smallest absolute Gasteiger partial charge is 0.234 e. The molecular weight excluding hydrogens is 384 g/mol. The van der Waals surface area contributed by atoms with Crippen LogP contribution in [0.2, 0.25) is 5.02 Å². The van der Waals surface area contributed by atoms with Crippen LogP contribution < -0.4 is 15.9 Å². The maximum absolute atomic E-state index is 12.3. The fraction of sp³-hybridized carbons (Fsp3) is 0.158. The van der Waals surface area contributed by atoms with Crippen LogP contribution in [-0.2, 0) is 4.79 Å². The second kappa shape index (κ2) is 8.37. The third kappa shape index (κ3) is 4.56. The van der Waals surface area contributed by atoms with E-state index in [-0.39, 0.29) is 11.7 Å². The van der Waals surface area contributed by atoms with Gasteiger partial charge < -0.3 is 15.9 Å². The van der Waals surface area contributed by atoms with E-state index in [9.17, 15) is 4.79 Å². The molecule has 0 aliphatic carbocycles. The number of carbonyl (C=O) groups is 1. The van der Waals surface area contributed by atoms with Gasteiger partial charge in [0.15, 0.2) is 5.16 Å². The number of nitrogens with one attached hydrogen (secondary N) is 1. The number of hydrogen-bond acceptors (Lipinski definition) is 5. The third-order valence-corrected chi connectivity index (χ3v) is 5.23. The van der Waals surface area contributed by atoms with Crippen molar-refractivity contribution in [3.63, 3.8) is 0 Å². The molecule has 8 heteroatoms. The number of ether oxygens (including phenoxy) is 1. The molecule has 3 aromatic rings. The molecule has 6 nitrogen and oxygen atoms in total. The number of benzene rings is 2. The van der Waals surface area contributed by atoms with Gasteiger partial charge in [0.05, 0.1) is 30.4 Å². The quantitative estimate of drug-likeness (QED) is 0.481. The summed E-state index contributed by atoms with van der Waals surface area (Å²) in [5.74, 6) is 6.45. The van der Waals surface area contributed by atoms with Gasteiger partial charge in [-0.15, -0.1) is 0 Å². The van der Waals surface area contributed by atoms with Gasteiger partial charge in [0.1, 0.15) is 5.75 Å². The van der Waals surface area contributed by atoms with Gasteiger partial charge in [-0.05, 0) is 18.6 Å². The third-order valence-electron chi connectivity index (χ3n) is 3.86. The fourth-order valence-electron chi connectivity index (χ4n) is 2.48. The van der Waals surface area contributed by atoms with Gasteiger partial charge >= 0.3 is 0 Å². The standard InChI is InChI=1S/C19H19ClN4O2S/c1-12-8-15(17(26-2)9-14(12)20)22-18(25)11-27-19-23-16(10-24(19)21)13-6-4-3-5-7-13/h3-10H,11,21H2,1-2H3,(H,22,25). The Balaban J connectivity index is 1.67. The summed E-state index contributed by atoms with van der Waals surface area (Å²) in [7, 11) is 1.53. The number of methoxy groups -OCH3 is 1. The number of aryl methyl sites for hydroxylation is 1. The highest BCUT2D eigenvalue weighted by Crippen LogP contribution is 2.31. The van der Waals surface area contributed by atoms with Crippen LogP contribution in [0.4, 0.5) is 5.69 Å². The maximum atomic E-state index is 12.3. The molecule has 0 fully saturated rings. The van der Waals surface area contributed by atoms with E-state index in [1.165, 1.54) is 23.5 Å². The number of thioether (sulfide) groups is 1. The number of nitrogens with two attached hydrogens (primary N) is 1. The molecule has 0 radical (unpaired) electrons. The summed E-state index contributed by atoms with van der Waals surface area (Å²) in [6.07, 6.45) is 1.74. The Morgan fingerprint density at radius 2 is 2.07 bits per heavy atom. The summed E-state index contributed by atoms with van der Waals surface area (Å²) in [6, 6.07) is 13.2. The summed E-state index contributed by atoms with van der Waals surface area (Å²) in [6.45, 7) is 1.86. The van der Waals surface area contributed by atoms with Gasteiger partial charge in [-0.3, -0.25) is 4.79 Å². The Morgan fingerprint density at radius 1 is 1.33 bits per heavy atom. The summed E-state index contributed by atoms with van der Waals surface area (Å²) in [5.41, 5.74) is 3.15. The van der Waals surface area contributed by atoms with Crippen molar-refractivity contribution in [2.75, 3.05) is 24.0 Å². The normalized spacial score (nSPS) is 10.6. The second-order valence-electron chi connectivity index (χ2n) is 5.82. The molecule has 1 amide bonds. The molecule has 0 bridgehead atoms. The van der Waals surface area contributed by atoms with Crippen molar-refractivity contribution in [3.8, 4) is 17.0 Å². The zero-order valence-corrected chi connectivity index (χ0v) is 16.5. The Morgan fingerprint density at radius 3 is 2.78 bits per heavy atom. The van der Waals surface area contributed by atoms with Crippen LogP contribution >= 0.6 is 23.4 Å². The van der Waals surface area contributed by atoms with Crippen LogP contribution in [0.1, 0.15) is 5.56 Å². The lowest BCUT2D eigenvalue weighted by atomic mass is 10.2. The highest BCUT2D eigenvalue weighted by molar-refractivity contribution is 7.99. The predicted molar refractivity (Wildman–Crippen MR) is 110 cm³/mol. The first kappa shape index (κ1) is 19.1. The van der Waals surface area contributed by atoms with Crippen molar-refractivity contribution in [3.05, 3.63) is 59.2 Å². The number of aromatic nitrogens is 2. The van der Waals surface area contributed by atoms with Crippen LogP contribution in [0.5, 0.6) is 5.75 Å². The van der Waals surface area contributed by atoms with Crippen molar-refractivity contribution in [1.29, 1.82) is 0 Å². The lowest BCUT2D eigenvalue weighted by Gasteiger charge is -2.12. The second-order valence-corrected chi connectivity index (χ2v) is 7.17. The maximum Gasteiger partial charge on any atom is 0.234 e. The summed E-state index contributed by atoms with van der Waals surface area (Å²) in [5, 5.41) is 3.98. The SMILES string of the molecule is COc1cc(Cl)c(C)cc1NC(=O)CSc1nc(-c2ccccc2)cn1N. The van der Waals surface area contributed by atoms with E-state index in [0.29, 0.717) is 21.6 Å². The minimum atomic E-state index is -0.190. The van der Waals surface area contributed by atoms with E-state index in [1.807, 2.05) is 37.3 Å². The average molecular weight is 403 g/mol. The molecule has 0 aliphatic rings. The number of amides is 1. The van der Waals surface area contributed by atoms with Crippen molar-refractivity contribution in [1.82, 2.24) is 9.66 Å². The van der Waals surface area contributed by atoms with Crippen LogP contribution in [0.3, 0.4) is 0 Å².